The monoisotopic (exact) mass is 227 g/mol. The molecule has 6 nitrogen and oxygen atoms in total. The Bertz CT molecular complexity index is 573. The van der Waals surface area contributed by atoms with Crippen LogP contribution in [-0.4, -0.2) is 23.4 Å². The van der Waals surface area contributed by atoms with E-state index in [4.69, 9.17) is 5.73 Å². The van der Waals surface area contributed by atoms with E-state index in [1.54, 1.807) is 0 Å². The fourth-order valence-electron chi connectivity index (χ4n) is 1.89. The zero-order chi connectivity index (χ0) is 11.8. The maximum absolute atomic E-state index is 11.4. The van der Waals surface area contributed by atoms with Gasteiger partial charge in [-0.05, 0) is 5.56 Å². The van der Waals surface area contributed by atoms with Crippen molar-refractivity contribution in [3.8, 4) is 0 Å². The first kappa shape index (κ1) is 9.71. The lowest BCUT2D eigenvalue weighted by Crippen LogP contribution is -2.47. The van der Waals surface area contributed by atoms with Crippen molar-refractivity contribution in [1.29, 1.82) is 0 Å². The van der Waals surface area contributed by atoms with Crippen LogP contribution in [0.5, 0.6) is 0 Å². The van der Waals surface area contributed by atoms with Crippen molar-refractivity contribution in [1.82, 2.24) is 5.32 Å². The van der Waals surface area contributed by atoms with Gasteiger partial charge in [-0.15, -0.1) is 10.2 Å². The van der Waals surface area contributed by atoms with Crippen molar-refractivity contribution < 1.29 is 4.79 Å². The fourth-order valence-corrected chi connectivity index (χ4v) is 1.89. The van der Waals surface area contributed by atoms with E-state index < -0.39 is 6.03 Å². The van der Waals surface area contributed by atoms with Gasteiger partial charge in [0.2, 0.25) is 0 Å². The number of benzene rings is 1. The first-order valence-corrected chi connectivity index (χ1v) is 5.11. The molecule has 84 valence electrons. The van der Waals surface area contributed by atoms with Gasteiger partial charge in [0.1, 0.15) is 17.6 Å². The Hall–Kier alpha value is -2.50. The lowest BCUT2D eigenvalue weighted by Gasteiger charge is -2.20. The van der Waals surface area contributed by atoms with Gasteiger partial charge in [-0.1, -0.05) is 30.3 Å². The standard InChI is InChI=1S/C11H9N5O/c12-9-7-8(6-4-2-1-3-5-6)13-11(17)14-10(7)16-15-9/h1-5,7H,(H2,12,15)(H,14,16,17). The van der Waals surface area contributed by atoms with Gasteiger partial charge in [0.05, 0.1) is 5.71 Å². The van der Waals surface area contributed by atoms with Gasteiger partial charge in [-0.3, -0.25) is 5.32 Å². The number of hydrogen-bond donors (Lipinski definition) is 2. The number of fused-ring (bicyclic) bond motifs is 1. The molecule has 2 aliphatic heterocycles. The molecule has 1 atom stereocenters. The number of carbonyl (C=O) groups excluding carboxylic acids is 1. The summed E-state index contributed by atoms with van der Waals surface area (Å²) in [5, 5.41) is 10.1. The third-order valence-electron chi connectivity index (χ3n) is 2.64. The number of carbonyl (C=O) groups is 1. The van der Waals surface area contributed by atoms with Crippen LogP contribution in [0.25, 0.3) is 0 Å². The molecular formula is C11H9N5O. The number of nitrogens with two attached hydrogens (primary N) is 1. The third-order valence-corrected chi connectivity index (χ3v) is 2.64. The summed E-state index contributed by atoms with van der Waals surface area (Å²) < 4.78 is 0. The molecule has 0 bridgehead atoms. The topological polar surface area (TPSA) is 92.2 Å². The number of urea groups is 1. The molecule has 0 fully saturated rings. The second kappa shape index (κ2) is 3.51. The molecule has 1 aromatic rings. The molecule has 0 saturated heterocycles. The van der Waals surface area contributed by atoms with Crippen LogP contribution in [-0.2, 0) is 0 Å². The lowest BCUT2D eigenvalue weighted by atomic mass is 9.93. The number of hydrogen-bond acceptors (Lipinski definition) is 4. The Morgan fingerprint density at radius 1 is 1.18 bits per heavy atom. The predicted molar refractivity (Wildman–Crippen MR) is 64.1 cm³/mol. The van der Waals surface area contributed by atoms with Crippen LogP contribution in [0.1, 0.15) is 5.56 Å². The average molecular weight is 227 g/mol. The maximum atomic E-state index is 11.4. The quantitative estimate of drug-likeness (QED) is 0.731. The highest BCUT2D eigenvalue weighted by Crippen LogP contribution is 2.19. The van der Waals surface area contributed by atoms with Crippen molar-refractivity contribution in [3.63, 3.8) is 0 Å². The summed E-state index contributed by atoms with van der Waals surface area (Å²) >= 11 is 0. The van der Waals surface area contributed by atoms with E-state index >= 15 is 0 Å². The van der Waals surface area contributed by atoms with E-state index in [-0.39, 0.29) is 5.92 Å². The molecule has 0 saturated carbocycles. The summed E-state index contributed by atoms with van der Waals surface area (Å²) in [6.45, 7) is 0. The highest BCUT2D eigenvalue weighted by Gasteiger charge is 2.36. The van der Waals surface area contributed by atoms with Crippen molar-refractivity contribution in [2.75, 3.05) is 0 Å². The van der Waals surface area contributed by atoms with Crippen LogP contribution in [0.3, 0.4) is 0 Å². The minimum Gasteiger partial charge on any atom is -0.385 e. The number of nitrogens with zero attached hydrogens (tertiary/aromatic N) is 3. The first-order valence-electron chi connectivity index (χ1n) is 5.11. The van der Waals surface area contributed by atoms with Gasteiger partial charge in [0, 0.05) is 0 Å². The molecule has 0 spiro atoms. The highest BCUT2D eigenvalue weighted by atomic mass is 16.2. The zero-order valence-electron chi connectivity index (χ0n) is 8.79. The molecule has 2 heterocycles. The van der Waals surface area contributed by atoms with Crippen molar-refractivity contribution in [2.24, 2.45) is 26.8 Å². The van der Waals surface area contributed by atoms with Crippen molar-refractivity contribution in [3.05, 3.63) is 35.9 Å². The van der Waals surface area contributed by atoms with E-state index in [1.165, 1.54) is 0 Å². The predicted octanol–water partition coefficient (Wildman–Crippen LogP) is 0.499. The fraction of sp³-hybridized carbons (Fsp3) is 0.0909. The number of nitrogens with one attached hydrogen (secondary N) is 1. The molecule has 3 rings (SSSR count). The number of aliphatic imine (C=N–C) groups is 1. The smallest absolute Gasteiger partial charge is 0.346 e. The minimum absolute atomic E-state index is 0.338. The van der Waals surface area contributed by atoms with Gasteiger partial charge in [0.25, 0.3) is 0 Å². The maximum Gasteiger partial charge on any atom is 0.346 e. The highest BCUT2D eigenvalue weighted by molar-refractivity contribution is 6.34. The van der Waals surface area contributed by atoms with Crippen LogP contribution < -0.4 is 11.1 Å². The molecule has 0 radical (unpaired) electrons. The number of amides is 2. The Morgan fingerprint density at radius 2 is 1.94 bits per heavy atom. The van der Waals surface area contributed by atoms with Gasteiger partial charge in [-0.25, -0.2) is 4.79 Å². The summed E-state index contributed by atoms with van der Waals surface area (Å²) in [4.78, 5) is 15.4. The third kappa shape index (κ3) is 1.50. The summed E-state index contributed by atoms with van der Waals surface area (Å²) in [6, 6.07) is 8.96. The number of amidine groups is 2. The summed E-state index contributed by atoms with van der Waals surface area (Å²) in [5.74, 6) is 0.457. The SMILES string of the molecule is NC1=NN=C2NC(=O)N=C(c3ccccc3)C12. The van der Waals surface area contributed by atoms with Crippen molar-refractivity contribution in [2.45, 2.75) is 0 Å². The van der Waals surface area contributed by atoms with Gasteiger partial charge < -0.3 is 5.73 Å². The Labute approximate surface area is 97.0 Å². The second-order valence-electron chi connectivity index (χ2n) is 3.74. The molecule has 3 N–H and O–H groups in total. The van der Waals surface area contributed by atoms with Crippen LogP contribution in [0.4, 0.5) is 4.79 Å². The van der Waals surface area contributed by atoms with Gasteiger partial charge in [0.15, 0.2) is 0 Å². The van der Waals surface area contributed by atoms with E-state index in [0.29, 0.717) is 17.4 Å². The Kier molecular flexibility index (Phi) is 2.01. The molecule has 1 aromatic carbocycles. The molecule has 0 aliphatic carbocycles. The van der Waals surface area contributed by atoms with Crippen LogP contribution >= 0.6 is 0 Å². The number of rotatable bonds is 1. The molecule has 0 aromatic heterocycles. The van der Waals surface area contributed by atoms with E-state index in [0.717, 1.165) is 5.56 Å². The van der Waals surface area contributed by atoms with Gasteiger partial charge >= 0.3 is 6.03 Å². The largest absolute Gasteiger partial charge is 0.385 e. The molecular weight excluding hydrogens is 218 g/mol. The van der Waals surface area contributed by atoms with Crippen molar-refractivity contribution >= 4 is 23.4 Å². The van der Waals surface area contributed by atoms with E-state index in [9.17, 15) is 4.79 Å². The second-order valence-corrected chi connectivity index (χ2v) is 3.74. The molecule has 17 heavy (non-hydrogen) atoms. The van der Waals surface area contributed by atoms with Crippen LogP contribution in [0, 0.1) is 5.92 Å². The summed E-state index contributed by atoms with van der Waals surface area (Å²) in [6.07, 6.45) is 0. The van der Waals surface area contributed by atoms with Gasteiger partial charge in [-0.2, -0.15) is 4.99 Å². The lowest BCUT2D eigenvalue weighted by molar-refractivity contribution is 0.252. The molecule has 2 aliphatic rings. The average Bonchev–Trinajstić information content (AvgIpc) is 2.71. The van der Waals surface area contributed by atoms with Crippen LogP contribution in [0.15, 0.2) is 45.5 Å². The molecule has 1 unspecified atom stereocenters. The first-order chi connectivity index (χ1) is 8.25. The zero-order valence-corrected chi connectivity index (χ0v) is 8.79. The normalized spacial score (nSPS) is 22.2. The Balaban J connectivity index is 2.11. The Morgan fingerprint density at radius 3 is 2.71 bits per heavy atom. The molecule has 6 heteroatoms. The summed E-state index contributed by atoms with van der Waals surface area (Å²) in [7, 11) is 0. The van der Waals surface area contributed by atoms with Crippen LogP contribution in [0.2, 0.25) is 0 Å². The minimum atomic E-state index is -0.441. The molecule has 2 amide bonds. The van der Waals surface area contributed by atoms with E-state index in [2.05, 4.69) is 20.5 Å². The summed E-state index contributed by atoms with van der Waals surface area (Å²) in [5.41, 5.74) is 7.20. The van der Waals surface area contributed by atoms with E-state index in [1.807, 2.05) is 30.3 Å².